The van der Waals surface area contributed by atoms with E-state index >= 15 is 0 Å². The molecule has 90 valence electrons. The Balaban J connectivity index is 1.84. The predicted octanol–water partition coefficient (Wildman–Crippen LogP) is 3.53. The predicted molar refractivity (Wildman–Crippen MR) is 76.1 cm³/mol. The standard InChI is InChI=1S/C16H16N2/c1-17-11-12-18(13-17)16-9-7-15(8-10-16)14-5-3-2-4-6-14/h2-12H,13H2,1H3. The normalized spacial score (nSPS) is 14.3. The molecule has 3 rings (SSSR count). The molecule has 0 fully saturated rings. The minimum atomic E-state index is 0.921. The van der Waals surface area contributed by atoms with Gasteiger partial charge in [0, 0.05) is 25.1 Å². The second-order valence-corrected chi connectivity index (χ2v) is 4.58. The summed E-state index contributed by atoms with van der Waals surface area (Å²) in [7, 11) is 2.08. The Hall–Kier alpha value is -2.22. The van der Waals surface area contributed by atoms with Crippen LogP contribution in [0.25, 0.3) is 11.1 Å². The molecule has 2 aromatic carbocycles. The number of hydrogen-bond acceptors (Lipinski definition) is 2. The molecule has 0 amide bonds. The van der Waals surface area contributed by atoms with E-state index in [4.69, 9.17) is 0 Å². The molecule has 2 nitrogen and oxygen atoms in total. The first-order valence-corrected chi connectivity index (χ1v) is 6.14. The SMILES string of the molecule is CN1C=CN(c2ccc(-c3ccccc3)cc2)C1. The van der Waals surface area contributed by atoms with E-state index in [1.807, 2.05) is 6.07 Å². The molecule has 1 aliphatic heterocycles. The van der Waals surface area contributed by atoms with E-state index in [1.165, 1.54) is 16.8 Å². The Kier molecular flexibility index (Phi) is 2.77. The van der Waals surface area contributed by atoms with Crippen LogP contribution in [0.5, 0.6) is 0 Å². The summed E-state index contributed by atoms with van der Waals surface area (Å²) in [6.45, 7) is 0.921. The number of nitrogens with zero attached hydrogens (tertiary/aromatic N) is 2. The highest BCUT2D eigenvalue weighted by Gasteiger charge is 2.10. The molecule has 18 heavy (non-hydrogen) atoms. The minimum Gasteiger partial charge on any atom is -0.361 e. The van der Waals surface area contributed by atoms with Gasteiger partial charge in [-0.05, 0) is 23.3 Å². The summed E-state index contributed by atoms with van der Waals surface area (Å²) in [6.07, 6.45) is 4.20. The maximum absolute atomic E-state index is 2.23. The van der Waals surface area contributed by atoms with Gasteiger partial charge >= 0.3 is 0 Å². The molecule has 0 aliphatic carbocycles. The average Bonchev–Trinajstić information content (AvgIpc) is 2.87. The summed E-state index contributed by atoms with van der Waals surface area (Å²) in [5.74, 6) is 0. The first-order valence-electron chi connectivity index (χ1n) is 6.14. The van der Waals surface area contributed by atoms with Gasteiger partial charge in [0.05, 0.1) is 6.67 Å². The van der Waals surface area contributed by atoms with E-state index in [2.05, 4.69) is 77.8 Å². The van der Waals surface area contributed by atoms with Crippen LogP contribution in [-0.4, -0.2) is 18.6 Å². The molecular formula is C16H16N2. The van der Waals surface area contributed by atoms with Crippen molar-refractivity contribution >= 4 is 5.69 Å². The quantitative estimate of drug-likeness (QED) is 0.787. The minimum absolute atomic E-state index is 0.921. The van der Waals surface area contributed by atoms with Gasteiger partial charge < -0.3 is 9.80 Å². The first kappa shape index (κ1) is 10.9. The van der Waals surface area contributed by atoms with E-state index in [0.717, 1.165) is 6.67 Å². The molecule has 1 aliphatic rings. The van der Waals surface area contributed by atoms with Crippen molar-refractivity contribution in [1.29, 1.82) is 0 Å². The second-order valence-electron chi connectivity index (χ2n) is 4.58. The van der Waals surface area contributed by atoms with Gasteiger partial charge in [0.25, 0.3) is 0 Å². The van der Waals surface area contributed by atoms with Crippen LogP contribution in [0.2, 0.25) is 0 Å². The van der Waals surface area contributed by atoms with Crippen LogP contribution in [0.3, 0.4) is 0 Å². The van der Waals surface area contributed by atoms with Crippen molar-refractivity contribution in [3.63, 3.8) is 0 Å². The summed E-state index contributed by atoms with van der Waals surface area (Å²) < 4.78 is 0. The van der Waals surface area contributed by atoms with Gasteiger partial charge in [-0.25, -0.2) is 0 Å². The Morgan fingerprint density at radius 3 is 2.06 bits per heavy atom. The molecule has 0 aromatic heterocycles. The molecule has 0 saturated heterocycles. The van der Waals surface area contributed by atoms with Crippen molar-refractivity contribution in [1.82, 2.24) is 4.90 Å². The zero-order chi connectivity index (χ0) is 12.4. The number of rotatable bonds is 2. The smallest absolute Gasteiger partial charge is 0.0938 e. The van der Waals surface area contributed by atoms with Gasteiger partial charge in [-0.3, -0.25) is 0 Å². The summed E-state index contributed by atoms with van der Waals surface area (Å²) in [5.41, 5.74) is 3.75. The fraction of sp³-hybridized carbons (Fsp3) is 0.125. The molecule has 0 radical (unpaired) electrons. The van der Waals surface area contributed by atoms with Crippen molar-refractivity contribution in [3.8, 4) is 11.1 Å². The summed E-state index contributed by atoms with van der Waals surface area (Å²) in [5, 5.41) is 0. The van der Waals surface area contributed by atoms with Crippen molar-refractivity contribution in [2.45, 2.75) is 0 Å². The lowest BCUT2D eigenvalue weighted by Gasteiger charge is -2.18. The maximum atomic E-state index is 2.23. The van der Waals surface area contributed by atoms with Crippen LogP contribution in [0.15, 0.2) is 67.0 Å². The third kappa shape index (κ3) is 2.09. The van der Waals surface area contributed by atoms with Gasteiger partial charge in [-0.15, -0.1) is 0 Å². The fourth-order valence-electron chi connectivity index (χ4n) is 2.17. The van der Waals surface area contributed by atoms with Crippen LogP contribution < -0.4 is 4.90 Å². The molecule has 0 N–H and O–H groups in total. The topological polar surface area (TPSA) is 6.48 Å². The third-order valence-electron chi connectivity index (χ3n) is 3.18. The molecule has 0 saturated carbocycles. The van der Waals surface area contributed by atoms with Crippen LogP contribution in [0.1, 0.15) is 0 Å². The lowest BCUT2D eigenvalue weighted by molar-refractivity contribution is 0.496. The van der Waals surface area contributed by atoms with Gasteiger partial charge in [-0.1, -0.05) is 42.5 Å². The van der Waals surface area contributed by atoms with E-state index in [9.17, 15) is 0 Å². The summed E-state index contributed by atoms with van der Waals surface area (Å²) >= 11 is 0. The molecule has 2 heteroatoms. The largest absolute Gasteiger partial charge is 0.361 e. The average molecular weight is 236 g/mol. The zero-order valence-electron chi connectivity index (χ0n) is 10.5. The first-order chi connectivity index (χ1) is 8.83. The van der Waals surface area contributed by atoms with E-state index in [-0.39, 0.29) is 0 Å². The molecule has 2 aromatic rings. The monoisotopic (exact) mass is 236 g/mol. The Morgan fingerprint density at radius 1 is 0.778 bits per heavy atom. The lowest BCUT2D eigenvalue weighted by Crippen LogP contribution is -2.21. The summed E-state index contributed by atoms with van der Waals surface area (Å²) in [6, 6.07) is 19.2. The van der Waals surface area contributed by atoms with Crippen molar-refractivity contribution in [2.75, 3.05) is 18.6 Å². The van der Waals surface area contributed by atoms with Gasteiger partial charge in [0.2, 0.25) is 0 Å². The Morgan fingerprint density at radius 2 is 1.44 bits per heavy atom. The van der Waals surface area contributed by atoms with Crippen molar-refractivity contribution < 1.29 is 0 Å². The van der Waals surface area contributed by atoms with Gasteiger partial charge in [-0.2, -0.15) is 0 Å². The Bertz CT molecular complexity index is 543. The van der Waals surface area contributed by atoms with Crippen molar-refractivity contribution in [2.24, 2.45) is 0 Å². The summed E-state index contributed by atoms with van der Waals surface area (Å²) in [4.78, 5) is 4.39. The fourth-order valence-corrected chi connectivity index (χ4v) is 2.17. The molecule has 1 heterocycles. The van der Waals surface area contributed by atoms with Gasteiger partial charge in [0.1, 0.15) is 0 Å². The highest BCUT2D eigenvalue weighted by atomic mass is 15.3. The zero-order valence-corrected chi connectivity index (χ0v) is 10.5. The molecule has 0 unspecified atom stereocenters. The Labute approximate surface area is 108 Å². The highest BCUT2D eigenvalue weighted by Crippen LogP contribution is 2.24. The van der Waals surface area contributed by atoms with Crippen LogP contribution in [0, 0.1) is 0 Å². The second kappa shape index (κ2) is 4.57. The molecule has 0 spiro atoms. The number of hydrogen-bond donors (Lipinski definition) is 0. The van der Waals surface area contributed by atoms with Gasteiger partial charge in [0.15, 0.2) is 0 Å². The number of anilines is 1. The number of benzene rings is 2. The van der Waals surface area contributed by atoms with E-state index in [0.29, 0.717) is 0 Å². The highest BCUT2D eigenvalue weighted by molar-refractivity contribution is 5.66. The van der Waals surface area contributed by atoms with Crippen LogP contribution in [0.4, 0.5) is 5.69 Å². The van der Waals surface area contributed by atoms with E-state index < -0.39 is 0 Å². The molecule has 0 atom stereocenters. The molecular weight excluding hydrogens is 220 g/mol. The van der Waals surface area contributed by atoms with Crippen molar-refractivity contribution in [3.05, 3.63) is 67.0 Å². The lowest BCUT2D eigenvalue weighted by atomic mass is 10.1. The molecule has 0 bridgehead atoms. The maximum Gasteiger partial charge on any atom is 0.0938 e. The van der Waals surface area contributed by atoms with E-state index in [1.54, 1.807) is 0 Å². The van der Waals surface area contributed by atoms with Crippen LogP contribution in [-0.2, 0) is 0 Å². The van der Waals surface area contributed by atoms with Crippen LogP contribution >= 0.6 is 0 Å². The third-order valence-corrected chi connectivity index (χ3v) is 3.18.